The van der Waals surface area contributed by atoms with E-state index in [4.69, 9.17) is 10.5 Å². The van der Waals surface area contributed by atoms with E-state index < -0.39 is 5.60 Å². The minimum absolute atomic E-state index is 0.419. The molecule has 104 valence electrons. The van der Waals surface area contributed by atoms with E-state index in [9.17, 15) is 0 Å². The van der Waals surface area contributed by atoms with Crippen LogP contribution in [0.2, 0.25) is 0 Å². The van der Waals surface area contributed by atoms with Gasteiger partial charge in [-0.2, -0.15) is 0 Å². The van der Waals surface area contributed by atoms with Gasteiger partial charge in [0.15, 0.2) is 5.82 Å². The summed E-state index contributed by atoms with van der Waals surface area (Å²) in [5.74, 6) is 1.18. The van der Waals surface area contributed by atoms with Gasteiger partial charge >= 0.3 is 0 Å². The monoisotopic (exact) mass is 269 g/mol. The van der Waals surface area contributed by atoms with Gasteiger partial charge in [-0.15, -0.1) is 0 Å². The minimum atomic E-state index is -0.419. The van der Waals surface area contributed by atoms with E-state index in [1.807, 2.05) is 36.4 Å². The number of aromatic nitrogens is 2. The van der Waals surface area contributed by atoms with E-state index in [1.54, 1.807) is 0 Å². The molecule has 2 heterocycles. The van der Waals surface area contributed by atoms with Crippen molar-refractivity contribution in [2.75, 3.05) is 12.3 Å². The molecule has 2 N–H and O–H groups in total. The first-order valence-corrected chi connectivity index (χ1v) is 7.02. The standard InChI is InChI=1S/C16H19N3O/c1-16(9-5-6-10-20-16)15-18-13(11-14(17)19-15)12-7-3-2-4-8-12/h2-4,7-8,11H,5-6,9-10H2,1H3,(H2,17,18,19). The molecular formula is C16H19N3O. The highest BCUT2D eigenvalue weighted by molar-refractivity contribution is 5.61. The van der Waals surface area contributed by atoms with Gasteiger partial charge in [0.1, 0.15) is 11.4 Å². The van der Waals surface area contributed by atoms with Crippen LogP contribution in [0.4, 0.5) is 5.82 Å². The molecule has 3 rings (SSSR count). The highest BCUT2D eigenvalue weighted by Gasteiger charge is 2.33. The van der Waals surface area contributed by atoms with Crippen LogP contribution in [0, 0.1) is 0 Å². The van der Waals surface area contributed by atoms with Crippen molar-refractivity contribution in [1.29, 1.82) is 0 Å². The Hall–Kier alpha value is -1.94. The van der Waals surface area contributed by atoms with E-state index >= 15 is 0 Å². The third-order valence-electron chi connectivity index (χ3n) is 3.76. The van der Waals surface area contributed by atoms with Crippen molar-refractivity contribution in [3.63, 3.8) is 0 Å². The average molecular weight is 269 g/mol. The van der Waals surface area contributed by atoms with Gasteiger partial charge in [0.25, 0.3) is 0 Å². The lowest BCUT2D eigenvalue weighted by Crippen LogP contribution is -2.32. The molecule has 1 aromatic carbocycles. The van der Waals surface area contributed by atoms with Crippen molar-refractivity contribution in [3.8, 4) is 11.3 Å². The van der Waals surface area contributed by atoms with E-state index in [0.29, 0.717) is 11.6 Å². The second-order valence-corrected chi connectivity index (χ2v) is 5.40. The largest absolute Gasteiger partial charge is 0.384 e. The number of hydrogen-bond donors (Lipinski definition) is 1. The van der Waals surface area contributed by atoms with Gasteiger partial charge in [0.05, 0.1) is 5.69 Å². The molecule has 0 spiro atoms. The predicted octanol–water partition coefficient (Wildman–Crippen LogP) is 3.14. The van der Waals surface area contributed by atoms with Crippen molar-refractivity contribution in [1.82, 2.24) is 9.97 Å². The van der Waals surface area contributed by atoms with Gasteiger partial charge in [-0.25, -0.2) is 9.97 Å². The number of nitrogens with two attached hydrogens (primary N) is 1. The van der Waals surface area contributed by atoms with Crippen LogP contribution in [0.15, 0.2) is 36.4 Å². The minimum Gasteiger partial charge on any atom is -0.384 e. The third-order valence-corrected chi connectivity index (χ3v) is 3.76. The smallest absolute Gasteiger partial charge is 0.162 e. The fourth-order valence-corrected chi connectivity index (χ4v) is 2.57. The summed E-state index contributed by atoms with van der Waals surface area (Å²) in [5.41, 5.74) is 7.43. The lowest BCUT2D eigenvalue weighted by atomic mass is 9.95. The van der Waals surface area contributed by atoms with Crippen LogP contribution in [0.25, 0.3) is 11.3 Å². The maximum atomic E-state index is 5.96. The number of benzene rings is 1. The Morgan fingerprint density at radius 1 is 1.15 bits per heavy atom. The Morgan fingerprint density at radius 3 is 2.65 bits per heavy atom. The number of anilines is 1. The number of ether oxygens (including phenoxy) is 1. The Balaban J connectivity index is 2.03. The van der Waals surface area contributed by atoms with Gasteiger partial charge in [0, 0.05) is 18.2 Å². The maximum Gasteiger partial charge on any atom is 0.162 e. The molecule has 0 aliphatic carbocycles. The molecule has 1 aromatic heterocycles. The van der Waals surface area contributed by atoms with Crippen LogP contribution >= 0.6 is 0 Å². The number of nitrogens with zero attached hydrogens (tertiary/aromatic N) is 2. The lowest BCUT2D eigenvalue weighted by Gasteiger charge is -2.32. The second kappa shape index (κ2) is 5.21. The first kappa shape index (κ1) is 13.1. The van der Waals surface area contributed by atoms with E-state index in [0.717, 1.165) is 37.1 Å². The molecular weight excluding hydrogens is 250 g/mol. The molecule has 1 atom stereocenters. The van der Waals surface area contributed by atoms with Crippen LogP contribution in [-0.2, 0) is 10.3 Å². The number of rotatable bonds is 2. The summed E-state index contributed by atoms with van der Waals surface area (Å²) in [6, 6.07) is 11.8. The van der Waals surface area contributed by atoms with Crippen molar-refractivity contribution < 1.29 is 4.74 Å². The summed E-state index contributed by atoms with van der Waals surface area (Å²) in [5, 5.41) is 0. The van der Waals surface area contributed by atoms with Crippen molar-refractivity contribution in [2.45, 2.75) is 31.8 Å². The summed E-state index contributed by atoms with van der Waals surface area (Å²) in [4.78, 5) is 9.08. The summed E-state index contributed by atoms with van der Waals surface area (Å²) in [7, 11) is 0. The summed E-state index contributed by atoms with van der Waals surface area (Å²) < 4.78 is 5.92. The average Bonchev–Trinajstić information content (AvgIpc) is 2.48. The van der Waals surface area contributed by atoms with Crippen molar-refractivity contribution in [3.05, 3.63) is 42.2 Å². The van der Waals surface area contributed by atoms with Gasteiger partial charge in [-0.3, -0.25) is 0 Å². The molecule has 1 aliphatic rings. The Morgan fingerprint density at radius 2 is 1.95 bits per heavy atom. The predicted molar refractivity (Wildman–Crippen MR) is 79.0 cm³/mol. The molecule has 0 saturated carbocycles. The molecule has 0 bridgehead atoms. The van der Waals surface area contributed by atoms with Crippen LogP contribution < -0.4 is 5.73 Å². The molecule has 1 aliphatic heterocycles. The number of hydrogen-bond acceptors (Lipinski definition) is 4. The summed E-state index contributed by atoms with van der Waals surface area (Å²) in [6.07, 6.45) is 3.17. The summed E-state index contributed by atoms with van der Waals surface area (Å²) in [6.45, 7) is 2.81. The molecule has 1 fully saturated rings. The fraction of sp³-hybridized carbons (Fsp3) is 0.375. The van der Waals surface area contributed by atoms with E-state index in [1.165, 1.54) is 0 Å². The quantitative estimate of drug-likeness (QED) is 0.909. The molecule has 1 saturated heterocycles. The van der Waals surface area contributed by atoms with Crippen molar-refractivity contribution in [2.24, 2.45) is 0 Å². The first-order valence-electron chi connectivity index (χ1n) is 7.02. The molecule has 0 amide bonds. The SMILES string of the molecule is CC1(c2nc(N)cc(-c3ccccc3)n2)CCCCO1. The Bertz CT molecular complexity index is 592. The van der Waals surface area contributed by atoms with Crippen LogP contribution in [0.3, 0.4) is 0 Å². The summed E-state index contributed by atoms with van der Waals surface area (Å²) >= 11 is 0. The zero-order valence-corrected chi connectivity index (χ0v) is 11.7. The van der Waals surface area contributed by atoms with Crippen molar-refractivity contribution >= 4 is 5.82 Å². The highest BCUT2D eigenvalue weighted by atomic mass is 16.5. The molecule has 4 nitrogen and oxygen atoms in total. The highest BCUT2D eigenvalue weighted by Crippen LogP contribution is 2.34. The fourth-order valence-electron chi connectivity index (χ4n) is 2.57. The molecule has 20 heavy (non-hydrogen) atoms. The second-order valence-electron chi connectivity index (χ2n) is 5.40. The molecule has 2 aromatic rings. The molecule has 1 unspecified atom stereocenters. The zero-order chi connectivity index (χ0) is 14.0. The third kappa shape index (κ3) is 2.51. The zero-order valence-electron chi connectivity index (χ0n) is 11.7. The molecule has 0 radical (unpaired) electrons. The lowest BCUT2D eigenvalue weighted by molar-refractivity contribution is -0.0758. The van der Waals surface area contributed by atoms with Crippen LogP contribution in [0.1, 0.15) is 32.0 Å². The Labute approximate surface area is 119 Å². The van der Waals surface area contributed by atoms with Crippen LogP contribution in [-0.4, -0.2) is 16.6 Å². The number of nitrogen functional groups attached to an aromatic ring is 1. The van der Waals surface area contributed by atoms with Gasteiger partial charge < -0.3 is 10.5 Å². The first-order chi connectivity index (χ1) is 9.67. The van der Waals surface area contributed by atoms with Gasteiger partial charge in [-0.1, -0.05) is 30.3 Å². The van der Waals surface area contributed by atoms with Gasteiger partial charge in [0.2, 0.25) is 0 Å². The topological polar surface area (TPSA) is 61.0 Å². The normalized spacial score (nSPS) is 22.6. The Kier molecular flexibility index (Phi) is 3.40. The van der Waals surface area contributed by atoms with Crippen LogP contribution in [0.5, 0.6) is 0 Å². The van der Waals surface area contributed by atoms with Gasteiger partial charge in [-0.05, 0) is 26.2 Å². The van der Waals surface area contributed by atoms with E-state index in [2.05, 4.69) is 16.9 Å². The van der Waals surface area contributed by atoms with E-state index in [-0.39, 0.29) is 0 Å². The maximum absolute atomic E-state index is 5.96. The molecule has 4 heteroatoms.